The summed E-state index contributed by atoms with van der Waals surface area (Å²) in [7, 11) is 0. The number of piperidine rings is 1. The summed E-state index contributed by atoms with van der Waals surface area (Å²) in [6.07, 6.45) is 0.770. The van der Waals surface area contributed by atoms with Gasteiger partial charge in [0.1, 0.15) is 11.0 Å². The zero-order valence-electron chi connectivity index (χ0n) is 18.3. The Balaban J connectivity index is 1.70. The van der Waals surface area contributed by atoms with Crippen LogP contribution in [-0.4, -0.2) is 47.1 Å². The molecule has 0 spiro atoms. The van der Waals surface area contributed by atoms with E-state index in [9.17, 15) is 14.0 Å². The first kappa shape index (κ1) is 24.4. The topological polar surface area (TPSA) is 71.5 Å². The van der Waals surface area contributed by atoms with Gasteiger partial charge in [0, 0.05) is 18.1 Å². The van der Waals surface area contributed by atoms with Gasteiger partial charge in [0.05, 0.1) is 22.9 Å². The first-order chi connectivity index (χ1) is 15.0. The molecule has 0 aliphatic carbocycles. The van der Waals surface area contributed by atoms with Gasteiger partial charge in [-0.05, 0) is 63.9 Å². The lowest BCUT2D eigenvalue weighted by Crippen LogP contribution is -2.52. The lowest BCUT2D eigenvalue weighted by atomic mass is 9.75. The van der Waals surface area contributed by atoms with E-state index in [1.807, 2.05) is 4.90 Å². The Morgan fingerprint density at radius 1 is 1.19 bits per heavy atom. The number of rotatable bonds is 5. The predicted octanol–water partition coefficient (Wildman–Crippen LogP) is 4.59. The van der Waals surface area contributed by atoms with E-state index in [0.717, 1.165) is 0 Å². The van der Waals surface area contributed by atoms with Crippen LogP contribution in [-0.2, 0) is 14.9 Å². The van der Waals surface area contributed by atoms with Gasteiger partial charge < -0.3 is 10.1 Å². The Labute approximate surface area is 197 Å². The zero-order valence-corrected chi connectivity index (χ0v) is 19.8. The summed E-state index contributed by atoms with van der Waals surface area (Å²) in [5.41, 5.74) is -1.03. The highest BCUT2D eigenvalue weighted by molar-refractivity contribution is 6.36. The molecule has 9 heteroatoms. The summed E-state index contributed by atoms with van der Waals surface area (Å²) in [6.45, 7) is 6.65. The fraction of sp³-hybridized carbons (Fsp3) is 0.435. The smallest absolute Gasteiger partial charge is 0.318 e. The molecule has 1 saturated heterocycles. The Bertz CT molecular complexity index is 1000. The molecule has 0 unspecified atom stereocenters. The molecule has 32 heavy (non-hydrogen) atoms. The molecular formula is C23H26Cl2FN3O3. The fourth-order valence-electron chi connectivity index (χ4n) is 3.66. The molecule has 1 aliphatic rings. The maximum atomic E-state index is 13.9. The molecule has 0 radical (unpaired) electrons. The van der Waals surface area contributed by atoms with Gasteiger partial charge in [-0.3, -0.25) is 14.5 Å². The molecule has 1 fully saturated rings. The fourth-order valence-corrected chi connectivity index (χ4v) is 4.16. The molecule has 1 aliphatic heterocycles. The number of carbonyl (C=O) groups is 2. The molecule has 3 rings (SSSR count). The zero-order chi connectivity index (χ0) is 23.5. The van der Waals surface area contributed by atoms with Crippen molar-refractivity contribution in [1.82, 2.24) is 15.2 Å². The van der Waals surface area contributed by atoms with E-state index < -0.39 is 22.9 Å². The van der Waals surface area contributed by atoms with E-state index in [-0.39, 0.29) is 17.6 Å². The molecule has 1 aromatic heterocycles. The molecule has 2 heterocycles. The Morgan fingerprint density at radius 3 is 2.47 bits per heavy atom. The number of ether oxygens (including phenoxy) is 1. The van der Waals surface area contributed by atoms with Gasteiger partial charge >= 0.3 is 5.97 Å². The normalized spacial score (nSPS) is 16.4. The van der Waals surface area contributed by atoms with E-state index in [1.165, 1.54) is 12.1 Å². The summed E-state index contributed by atoms with van der Waals surface area (Å²) in [5.74, 6) is -1.37. The van der Waals surface area contributed by atoms with E-state index in [0.29, 0.717) is 42.2 Å². The van der Waals surface area contributed by atoms with Crippen LogP contribution in [0.1, 0.15) is 49.7 Å². The number of pyridine rings is 1. The SMILES string of the molecule is CC(C)(C)OC(=O)C1(c2cccc(F)n2)CCN(CNC(=O)c2ccc(Cl)cc2Cl)CC1. The van der Waals surface area contributed by atoms with Gasteiger partial charge in [0.2, 0.25) is 5.95 Å². The van der Waals surface area contributed by atoms with Crippen molar-refractivity contribution in [3.63, 3.8) is 0 Å². The van der Waals surface area contributed by atoms with Crippen molar-refractivity contribution < 1.29 is 18.7 Å². The van der Waals surface area contributed by atoms with Crippen LogP contribution >= 0.6 is 23.2 Å². The molecule has 172 valence electrons. The molecule has 1 amide bonds. The van der Waals surface area contributed by atoms with Crippen molar-refractivity contribution in [2.45, 2.75) is 44.6 Å². The highest BCUT2D eigenvalue weighted by Crippen LogP contribution is 2.37. The molecule has 0 bridgehead atoms. The third-order valence-electron chi connectivity index (χ3n) is 5.34. The van der Waals surface area contributed by atoms with Crippen LogP contribution in [0.5, 0.6) is 0 Å². The second kappa shape index (κ2) is 9.73. The number of likely N-dealkylation sites (tertiary alicyclic amines) is 1. The second-order valence-electron chi connectivity index (χ2n) is 8.84. The van der Waals surface area contributed by atoms with Crippen molar-refractivity contribution in [2.24, 2.45) is 0 Å². The van der Waals surface area contributed by atoms with Crippen molar-refractivity contribution in [3.05, 3.63) is 63.6 Å². The molecule has 0 saturated carbocycles. The quantitative estimate of drug-likeness (QED) is 0.499. The second-order valence-corrected chi connectivity index (χ2v) is 9.68. The van der Waals surface area contributed by atoms with E-state index >= 15 is 0 Å². The molecule has 6 nitrogen and oxygen atoms in total. The summed E-state index contributed by atoms with van der Waals surface area (Å²) in [4.78, 5) is 31.6. The number of hydrogen-bond acceptors (Lipinski definition) is 5. The van der Waals surface area contributed by atoms with E-state index in [1.54, 1.807) is 45.0 Å². The van der Waals surface area contributed by atoms with Crippen LogP contribution in [0.25, 0.3) is 0 Å². The minimum Gasteiger partial charge on any atom is -0.459 e. The third-order valence-corrected chi connectivity index (χ3v) is 5.89. The van der Waals surface area contributed by atoms with E-state index in [4.69, 9.17) is 27.9 Å². The summed E-state index contributed by atoms with van der Waals surface area (Å²) >= 11 is 12.0. The third kappa shape index (κ3) is 5.77. The van der Waals surface area contributed by atoms with Crippen LogP contribution in [0.15, 0.2) is 36.4 Å². The lowest BCUT2D eigenvalue weighted by Gasteiger charge is -2.40. The summed E-state index contributed by atoms with van der Waals surface area (Å²) < 4.78 is 19.5. The molecule has 2 aromatic rings. The Morgan fingerprint density at radius 2 is 1.88 bits per heavy atom. The number of nitrogens with zero attached hydrogens (tertiary/aromatic N) is 2. The number of carbonyl (C=O) groups excluding carboxylic acids is 2. The van der Waals surface area contributed by atoms with Crippen LogP contribution < -0.4 is 5.32 Å². The Hall–Kier alpha value is -2.22. The number of aromatic nitrogens is 1. The minimum atomic E-state index is -1.05. The van der Waals surface area contributed by atoms with Crippen LogP contribution in [0.2, 0.25) is 10.0 Å². The number of halogens is 3. The average molecular weight is 482 g/mol. The van der Waals surface area contributed by atoms with Gasteiger partial charge in [-0.15, -0.1) is 0 Å². The van der Waals surface area contributed by atoms with Gasteiger partial charge in [0.15, 0.2) is 0 Å². The highest BCUT2D eigenvalue weighted by Gasteiger charge is 2.47. The largest absolute Gasteiger partial charge is 0.459 e. The van der Waals surface area contributed by atoms with Gasteiger partial charge in [-0.2, -0.15) is 4.39 Å². The van der Waals surface area contributed by atoms with E-state index in [2.05, 4.69) is 10.3 Å². The number of esters is 1. The maximum Gasteiger partial charge on any atom is 0.318 e. The average Bonchev–Trinajstić information content (AvgIpc) is 2.71. The number of hydrogen-bond donors (Lipinski definition) is 1. The van der Waals surface area contributed by atoms with Crippen molar-refractivity contribution in [1.29, 1.82) is 0 Å². The molecule has 1 aromatic carbocycles. The minimum absolute atomic E-state index is 0.273. The highest BCUT2D eigenvalue weighted by atomic mass is 35.5. The van der Waals surface area contributed by atoms with Crippen LogP contribution in [0, 0.1) is 5.95 Å². The van der Waals surface area contributed by atoms with Gasteiger partial charge in [0.25, 0.3) is 5.91 Å². The Kier molecular flexibility index (Phi) is 7.43. The first-order valence-electron chi connectivity index (χ1n) is 10.3. The first-order valence-corrected chi connectivity index (χ1v) is 11.1. The summed E-state index contributed by atoms with van der Waals surface area (Å²) in [6, 6.07) is 9.14. The van der Waals surface area contributed by atoms with Crippen LogP contribution in [0.3, 0.4) is 0 Å². The number of benzene rings is 1. The molecule has 1 N–H and O–H groups in total. The van der Waals surface area contributed by atoms with Gasteiger partial charge in [-0.1, -0.05) is 29.3 Å². The predicted molar refractivity (Wildman–Crippen MR) is 121 cm³/mol. The summed E-state index contributed by atoms with van der Waals surface area (Å²) in [5, 5.41) is 3.56. The van der Waals surface area contributed by atoms with Crippen molar-refractivity contribution in [3.8, 4) is 0 Å². The molecular weight excluding hydrogens is 456 g/mol. The van der Waals surface area contributed by atoms with Crippen LogP contribution in [0.4, 0.5) is 4.39 Å². The monoisotopic (exact) mass is 481 g/mol. The number of amides is 1. The number of nitrogens with one attached hydrogen (secondary N) is 1. The maximum absolute atomic E-state index is 13.9. The standard InChI is InChI=1S/C23H26Cl2FN3O3/c1-22(2,3)32-21(31)23(18-5-4-6-19(26)28-18)9-11-29(12-10-23)14-27-20(30)16-8-7-15(24)13-17(16)25/h4-8,13H,9-12,14H2,1-3H3,(H,27,30). The van der Waals surface area contributed by atoms with Gasteiger partial charge in [-0.25, -0.2) is 4.98 Å². The van der Waals surface area contributed by atoms with Crippen molar-refractivity contribution in [2.75, 3.05) is 19.8 Å². The molecule has 0 atom stereocenters. The van der Waals surface area contributed by atoms with Crippen molar-refractivity contribution >= 4 is 35.1 Å². The lowest BCUT2D eigenvalue weighted by molar-refractivity contribution is -0.164.